The van der Waals surface area contributed by atoms with Crippen molar-refractivity contribution in [1.82, 2.24) is 0 Å². The number of carbonyl (C=O) groups excluding carboxylic acids is 2. The molecule has 28 heavy (non-hydrogen) atoms. The maximum atomic E-state index is 12.6. The zero-order chi connectivity index (χ0) is 19.9. The summed E-state index contributed by atoms with van der Waals surface area (Å²) in [7, 11) is 0. The summed E-state index contributed by atoms with van der Waals surface area (Å²) < 4.78 is 0. The summed E-state index contributed by atoms with van der Waals surface area (Å²) in [6, 6.07) is 13.7. The van der Waals surface area contributed by atoms with E-state index in [1.165, 1.54) is 23.7 Å². The van der Waals surface area contributed by atoms with Crippen molar-refractivity contribution < 1.29 is 9.59 Å². The molecule has 0 atom stereocenters. The third-order valence-corrected chi connectivity index (χ3v) is 6.21. The summed E-state index contributed by atoms with van der Waals surface area (Å²) in [5.41, 5.74) is 3.86. The largest absolute Gasteiger partial charge is 0.325 e. The highest BCUT2D eigenvalue weighted by atomic mass is 32.2. The smallest absolute Gasteiger partial charge is 0.234 e. The number of hydrogen-bond donors (Lipinski definition) is 2. The van der Waals surface area contributed by atoms with Crippen LogP contribution >= 0.6 is 11.8 Å². The summed E-state index contributed by atoms with van der Waals surface area (Å²) in [6.07, 6.45) is 5.44. The van der Waals surface area contributed by atoms with Gasteiger partial charge in [0.15, 0.2) is 0 Å². The van der Waals surface area contributed by atoms with Gasteiger partial charge in [-0.1, -0.05) is 49.1 Å². The quantitative estimate of drug-likeness (QED) is 0.629. The summed E-state index contributed by atoms with van der Waals surface area (Å²) >= 11 is 1.45. The van der Waals surface area contributed by atoms with Crippen LogP contribution in [0.3, 0.4) is 0 Å². The molecule has 4 nitrogen and oxygen atoms in total. The lowest BCUT2D eigenvalue weighted by molar-refractivity contribution is -0.120. The number of thioether (sulfide) groups is 1. The number of para-hydroxylation sites is 1. The van der Waals surface area contributed by atoms with Crippen molar-refractivity contribution in [3.63, 3.8) is 0 Å². The van der Waals surface area contributed by atoms with Crippen molar-refractivity contribution in [2.75, 3.05) is 16.4 Å². The van der Waals surface area contributed by atoms with Crippen LogP contribution < -0.4 is 10.6 Å². The zero-order valence-electron chi connectivity index (χ0n) is 16.6. The Hall–Kier alpha value is -2.27. The lowest BCUT2D eigenvalue weighted by Crippen LogP contribution is -2.25. The first-order chi connectivity index (χ1) is 13.5. The van der Waals surface area contributed by atoms with Crippen molar-refractivity contribution in [2.24, 2.45) is 5.92 Å². The number of hydrogen-bond acceptors (Lipinski definition) is 3. The molecule has 2 amide bonds. The molecule has 2 N–H and O–H groups in total. The van der Waals surface area contributed by atoms with Gasteiger partial charge < -0.3 is 10.6 Å². The third kappa shape index (κ3) is 5.61. The number of rotatable bonds is 6. The van der Waals surface area contributed by atoms with E-state index in [4.69, 9.17) is 0 Å². The van der Waals surface area contributed by atoms with Crippen molar-refractivity contribution >= 4 is 35.0 Å². The fraction of sp³-hybridized carbons (Fsp3) is 0.391. The highest BCUT2D eigenvalue weighted by Gasteiger charge is 2.21. The summed E-state index contributed by atoms with van der Waals surface area (Å²) in [4.78, 5) is 25.9. The van der Waals surface area contributed by atoms with E-state index < -0.39 is 0 Å². The van der Waals surface area contributed by atoms with E-state index in [0.717, 1.165) is 47.5 Å². The van der Waals surface area contributed by atoms with Gasteiger partial charge in [0.2, 0.25) is 11.8 Å². The van der Waals surface area contributed by atoms with Crippen LogP contribution in [0.5, 0.6) is 0 Å². The first-order valence-electron chi connectivity index (χ1n) is 9.93. The van der Waals surface area contributed by atoms with Crippen LogP contribution in [0.4, 0.5) is 11.4 Å². The first kappa shape index (κ1) is 20.5. The van der Waals surface area contributed by atoms with Gasteiger partial charge in [0, 0.05) is 16.5 Å². The van der Waals surface area contributed by atoms with Gasteiger partial charge in [0.1, 0.15) is 0 Å². The minimum Gasteiger partial charge on any atom is -0.325 e. The maximum Gasteiger partial charge on any atom is 0.234 e. The zero-order valence-corrected chi connectivity index (χ0v) is 17.4. The fourth-order valence-corrected chi connectivity index (χ4v) is 4.39. The van der Waals surface area contributed by atoms with Gasteiger partial charge >= 0.3 is 0 Å². The summed E-state index contributed by atoms with van der Waals surface area (Å²) in [5, 5.41) is 6.05. The summed E-state index contributed by atoms with van der Waals surface area (Å²) in [5.74, 6) is 0.460. The molecule has 0 aliphatic heterocycles. The molecule has 3 rings (SSSR count). The van der Waals surface area contributed by atoms with E-state index >= 15 is 0 Å². The second-order valence-corrected chi connectivity index (χ2v) is 8.49. The standard InChI is InChI=1S/C23H28N2O2S/c1-16-12-13-19(17(2)14-16)24-22(26)15-28-21-11-7-6-10-20(21)25-23(27)18-8-4-3-5-9-18/h6-7,10-14,18H,3-5,8-9,15H2,1-2H3,(H,24,26)(H,25,27). The molecule has 1 aliphatic carbocycles. The highest BCUT2D eigenvalue weighted by Crippen LogP contribution is 2.30. The second-order valence-electron chi connectivity index (χ2n) is 7.48. The topological polar surface area (TPSA) is 58.2 Å². The number of anilines is 2. The Kier molecular flexibility index (Phi) is 7.15. The Labute approximate surface area is 171 Å². The number of amides is 2. The van der Waals surface area contributed by atoms with Gasteiger partial charge in [-0.15, -0.1) is 11.8 Å². The highest BCUT2D eigenvalue weighted by molar-refractivity contribution is 8.00. The molecule has 2 aromatic carbocycles. The first-order valence-corrected chi connectivity index (χ1v) is 10.9. The van der Waals surface area contributed by atoms with Crippen LogP contribution in [0, 0.1) is 19.8 Å². The molecule has 0 aromatic heterocycles. The molecule has 2 aromatic rings. The van der Waals surface area contributed by atoms with Crippen LogP contribution in [-0.2, 0) is 9.59 Å². The van der Waals surface area contributed by atoms with E-state index in [-0.39, 0.29) is 17.7 Å². The lowest BCUT2D eigenvalue weighted by atomic mass is 9.88. The maximum absolute atomic E-state index is 12.6. The van der Waals surface area contributed by atoms with Crippen LogP contribution in [-0.4, -0.2) is 17.6 Å². The summed E-state index contributed by atoms with van der Waals surface area (Å²) in [6.45, 7) is 4.03. The number of carbonyl (C=O) groups is 2. The molecule has 0 bridgehead atoms. The van der Waals surface area contributed by atoms with Crippen molar-refractivity contribution in [3.8, 4) is 0 Å². The number of benzene rings is 2. The molecule has 1 aliphatic rings. The molecule has 0 spiro atoms. The van der Waals surface area contributed by atoms with Crippen LogP contribution in [0.25, 0.3) is 0 Å². The average molecular weight is 397 g/mol. The third-order valence-electron chi connectivity index (χ3n) is 5.14. The predicted molar refractivity (Wildman–Crippen MR) is 117 cm³/mol. The average Bonchev–Trinajstić information content (AvgIpc) is 2.70. The van der Waals surface area contributed by atoms with Gasteiger partial charge in [-0.2, -0.15) is 0 Å². The SMILES string of the molecule is Cc1ccc(NC(=O)CSc2ccccc2NC(=O)C2CCCCC2)c(C)c1. The van der Waals surface area contributed by atoms with E-state index in [1.54, 1.807) is 0 Å². The Morgan fingerprint density at radius 3 is 2.46 bits per heavy atom. The van der Waals surface area contributed by atoms with Crippen molar-refractivity contribution in [2.45, 2.75) is 50.8 Å². The Bertz CT molecular complexity index is 844. The molecule has 5 heteroatoms. The molecular formula is C23H28N2O2S. The monoisotopic (exact) mass is 396 g/mol. The van der Waals surface area contributed by atoms with Crippen LogP contribution in [0.15, 0.2) is 47.4 Å². The normalized spacial score (nSPS) is 14.5. The lowest BCUT2D eigenvalue weighted by Gasteiger charge is -2.21. The molecule has 1 saturated carbocycles. The molecule has 148 valence electrons. The minimum atomic E-state index is -0.0506. The Balaban J connectivity index is 1.58. The van der Waals surface area contributed by atoms with Gasteiger partial charge in [-0.05, 0) is 50.5 Å². The van der Waals surface area contributed by atoms with Crippen LogP contribution in [0.1, 0.15) is 43.2 Å². The number of nitrogens with one attached hydrogen (secondary N) is 2. The molecule has 0 heterocycles. The molecule has 0 unspecified atom stereocenters. The van der Waals surface area contributed by atoms with Gasteiger partial charge in [0.25, 0.3) is 0 Å². The van der Waals surface area contributed by atoms with Crippen LogP contribution in [0.2, 0.25) is 0 Å². The minimum absolute atomic E-state index is 0.0506. The van der Waals surface area contributed by atoms with E-state index in [9.17, 15) is 9.59 Å². The van der Waals surface area contributed by atoms with Gasteiger partial charge in [-0.25, -0.2) is 0 Å². The van der Waals surface area contributed by atoms with Crippen molar-refractivity contribution in [1.29, 1.82) is 0 Å². The van der Waals surface area contributed by atoms with Gasteiger partial charge in [-0.3, -0.25) is 9.59 Å². The molecular weight excluding hydrogens is 368 g/mol. The predicted octanol–water partition coefficient (Wildman–Crippen LogP) is 5.55. The Morgan fingerprint density at radius 2 is 1.71 bits per heavy atom. The van der Waals surface area contributed by atoms with E-state index in [1.807, 2.05) is 50.2 Å². The molecule has 0 radical (unpaired) electrons. The van der Waals surface area contributed by atoms with Crippen molar-refractivity contribution in [3.05, 3.63) is 53.6 Å². The molecule has 0 saturated heterocycles. The second kappa shape index (κ2) is 9.78. The van der Waals surface area contributed by atoms with Gasteiger partial charge in [0.05, 0.1) is 11.4 Å². The van der Waals surface area contributed by atoms with E-state index in [2.05, 4.69) is 16.7 Å². The number of aryl methyl sites for hydroxylation is 2. The fourth-order valence-electron chi connectivity index (χ4n) is 3.58. The van der Waals surface area contributed by atoms with E-state index in [0.29, 0.717) is 5.75 Å². The molecule has 1 fully saturated rings. The Morgan fingerprint density at radius 1 is 0.964 bits per heavy atom.